The largest absolute Gasteiger partial charge is 0.478 e. The van der Waals surface area contributed by atoms with E-state index in [0.29, 0.717) is 21.3 Å². The molecule has 3 N–H and O–H groups in total. The van der Waals surface area contributed by atoms with Crippen LogP contribution in [0, 0.1) is 0 Å². The molecule has 152 valence electrons. The van der Waals surface area contributed by atoms with Gasteiger partial charge in [0.2, 0.25) is 0 Å². The second-order valence-electron chi connectivity index (χ2n) is 6.95. The fourth-order valence-electron chi connectivity index (χ4n) is 3.68. The Morgan fingerprint density at radius 1 is 1.00 bits per heavy atom. The zero-order chi connectivity index (χ0) is 21.5. The summed E-state index contributed by atoms with van der Waals surface area (Å²) in [4.78, 5) is 25.1. The predicted octanol–water partition coefficient (Wildman–Crippen LogP) is 5.85. The standard InChI is InChI=1S/C22H15Cl3N2O3/c23-13-4-1-3-12(9-13)11-22(16-8-7-14(24)10-18(16)26-21(22)30)27-19-15(20(28)29)5-2-6-17(19)25/h1-10,27H,11H2,(H,26,30)(H,28,29). The first kappa shape index (κ1) is 20.5. The van der Waals surface area contributed by atoms with Crippen molar-refractivity contribution in [1.29, 1.82) is 0 Å². The van der Waals surface area contributed by atoms with Gasteiger partial charge in [-0.25, -0.2) is 4.79 Å². The molecule has 1 aliphatic rings. The molecule has 1 heterocycles. The number of hydrogen-bond acceptors (Lipinski definition) is 3. The molecule has 0 saturated heterocycles. The van der Waals surface area contributed by atoms with Gasteiger partial charge >= 0.3 is 5.97 Å². The summed E-state index contributed by atoms with van der Waals surface area (Å²) >= 11 is 18.6. The topological polar surface area (TPSA) is 78.4 Å². The average molecular weight is 462 g/mol. The van der Waals surface area contributed by atoms with Crippen molar-refractivity contribution in [2.75, 3.05) is 10.6 Å². The lowest BCUT2D eigenvalue weighted by molar-refractivity contribution is -0.119. The SMILES string of the molecule is O=C(O)c1cccc(Cl)c1NC1(Cc2cccc(Cl)c2)C(=O)Nc2cc(Cl)ccc21. The number of aromatic carboxylic acids is 1. The van der Waals surface area contributed by atoms with Gasteiger partial charge in [-0.3, -0.25) is 4.79 Å². The molecule has 1 amide bonds. The zero-order valence-corrected chi connectivity index (χ0v) is 17.6. The van der Waals surface area contributed by atoms with Crippen molar-refractivity contribution in [2.45, 2.75) is 12.0 Å². The highest BCUT2D eigenvalue weighted by atomic mass is 35.5. The van der Waals surface area contributed by atoms with E-state index in [4.69, 9.17) is 34.8 Å². The summed E-state index contributed by atoms with van der Waals surface area (Å²) < 4.78 is 0. The van der Waals surface area contributed by atoms with E-state index >= 15 is 0 Å². The van der Waals surface area contributed by atoms with Gasteiger partial charge in [-0.2, -0.15) is 0 Å². The smallest absolute Gasteiger partial charge is 0.337 e. The Morgan fingerprint density at radius 2 is 1.73 bits per heavy atom. The molecule has 1 atom stereocenters. The van der Waals surface area contributed by atoms with E-state index in [1.807, 2.05) is 6.07 Å². The van der Waals surface area contributed by atoms with Crippen LogP contribution >= 0.6 is 34.8 Å². The van der Waals surface area contributed by atoms with Crippen molar-refractivity contribution in [1.82, 2.24) is 0 Å². The highest BCUT2D eigenvalue weighted by Crippen LogP contribution is 2.44. The highest BCUT2D eigenvalue weighted by molar-refractivity contribution is 6.34. The molecule has 1 aliphatic heterocycles. The zero-order valence-electron chi connectivity index (χ0n) is 15.4. The summed E-state index contributed by atoms with van der Waals surface area (Å²) in [5.41, 5.74) is 0.769. The summed E-state index contributed by atoms with van der Waals surface area (Å²) in [7, 11) is 0. The normalized spacial score (nSPS) is 17.4. The van der Waals surface area contributed by atoms with Crippen molar-refractivity contribution in [3.63, 3.8) is 0 Å². The van der Waals surface area contributed by atoms with Gasteiger partial charge in [0, 0.05) is 27.7 Å². The molecule has 1 unspecified atom stereocenters. The van der Waals surface area contributed by atoms with Crippen molar-refractivity contribution in [3.8, 4) is 0 Å². The third-order valence-electron chi connectivity index (χ3n) is 5.02. The van der Waals surface area contributed by atoms with Crippen LogP contribution in [0.4, 0.5) is 11.4 Å². The van der Waals surface area contributed by atoms with E-state index in [2.05, 4.69) is 10.6 Å². The fourth-order valence-corrected chi connectivity index (χ4v) is 4.29. The number of anilines is 2. The molecule has 0 aliphatic carbocycles. The van der Waals surface area contributed by atoms with Gasteiger partial charge in [-0.15, -0.1) is 0 Å². The summed E-state index contributed by atoms with van der Waals surface area (Å²) in [5, 5.41) is 16.8. The minimum absolute atomic E-state index is 0.0387. The van der Waals surface area contributed by atoms with E-state index < -0.39 is 11.5 Å². The number of rotatable bonds is 5. The number of carbonyl (C=O) groups is 2. The predicted molar refractivity (Wildman–Crippen MR) is 119 cm³/mol. The lowest BCUT2D eigenvalue weighted by Crippen LogP contribution is -2.44. The first-order chi connectivity index (χ1) is 14.3. The fraction of sp³-hybridized carbons (Fsp3) is 0.0909. The molecule has 0 fully saturated rings. The lowest BCUT2D eigenvalue weighted by Gasteiger charge is -2.31. The number of fused-ring (bicyclic) bond motifs is 1. The molecule has 0 radical (unpaired) electrons. The first-order valence-corrected chi connectivity index (χ1v) is 10.1. The summed E-state index contributed by atoms with van der Waals surface area (Å²) in [6.45, 7) is 0. The molecular weight excluding hydrogens is 447 g/mol. The lowest BCUT2D eigenvalue weighted by atomic mass is 9.84. The monoisotopic (exact) mass is 460 g/mol. The van der Waals surface area contributed by atoms with Gasteiger partial charge in [-0.1, -0.05) is 59.1 Å². The van der Waals surface area contributed by atoms with Crippen molar-refractivity contribution >= 4 is 58.1 Å². The minimum atomic E-state index is -1.32. The van der Waals surface area contributed by atoms with Gasteiger partial charge in [0.05, 0.1) is 16.3 Å². The van der Waals surface area contributed by atoms with Crippen molar-refractivity contribution < 1.29 is 14.7 Å². The number of nitrogens with one attached hydrogen (secondary N) is 2. The molecule has 0 saturated carbocycles. The number of benzene rings is 3. The average Bonchev–Trinajstić information content (AvgIpc) is 2.93. The molecule has 3 aromatic rings. The molecule has 0 bridgehead atoms. The quantitative estimate of drug-likeness (QED) is 0.445. The highest BCUT2D eigenvalue weighted by Gasteiger charge is 2.48. The number of halogens is 3. The van der Waals surface area contributed by atoms with E-state index in [1.54, 1.807) is 48.5 Å². The van der Waals surface area contributed by atoms with Crippen molar-refractivity contribution in [2.24, 2.45) is 0 Å². The minimum Gasteiger partial charge on any atom is -0.478 e. The first-order valence-electron chi connectivity index (χ1n) is 8.96. The van der Waals surface area contributed by atoms with Crippen LogP contribution in [0.25, 0.3) is 0 Å². The van der Waals surface area contributed by atoms with Gasteiger partial charge in [0.25, 0.3) is 5.91 Å². The van der Waals surface area contributed by atoms with Crippen LogP contribution < -0.4 is 10.6 Å². The number of hydrogen-bond donors (Lipinski definition) is 3. The molecule has 3 aromatic carbocycles. The molecule has 30 heavy (non-hydrogen) atoms. The Kier molecular flexibility index (Phi) is 5.36. The summed E-state index contributed by atoms with van der Waals surface area (Å²) in [6, 6.07) is 16.8. The summed E-state index contributed by atoms with van der Waals surface area (Å²) in [6.07, 6.45) is 0.207. The van der Waals surface area contributed by atoms with Crippen LogP contribution in [0.1, 0.15) is 21.5 Å². The Balaban J connectivity index is 1.91. The second-order valence-corrected chi connectivity index (χ2v) is 8.23. The van der Waals surface area contributed by atoms with Gasteiger partial charge in [-0.05, 0) is 42.0 Å². The molecular formula is C22H15Cl3N2O3. The van der Waals surface area contributed by atoms with Gasteiger partial charge in [0.15, 0.2) is 0 Å². The van der Waals surface area contributed by atoms with E-state index in [-0.39, 0.29) is 28.6 Å². The molecule has 0 spiro atoms. The molecule has 8 heteroatoms. The maximum Gasteiger partial charge on any atom is 0.337 e. The van der Waals surface area contributed by atoms with Crippen LogP contribution in [0.2, 0.25) is 15.1 Å². The number of amides is 1. The molecule has 4 rings (SSSR count). The van der Waals surface area contributed by atoms with Gasteiger partial charge in [0.1, 0.15) is 5.54 Å². The Labute approximate surface area is 187 Å². The summed E-state index contributed by atoms with van der Waals surface area (Å²) in [5.74, 6) is -1.51. The van der Waals surface area contributed by atoms with Crippen LogP contribution in [0.3, 0.4) is 0 Å². The molecule has 5 nitrogen and oxygen atoms in total. The number of carboxylic acids is 1. The van der Waals surface area contributed by atoms with Crippen LogP contribution in [0.5, 0.6) is 0 Å². The van der Waals surface area contributed by atoms with Crippen LogP contribution in [-0.2, 0) is 16.8 Å². The van der Waals surface area contributed by atoms with Gasteiger partial charge < -0.3 is 15.7 Å². The maximum atomic E-state index is 13.3. The second kappa shape index (κ2) is 7.84. The molecule has 0 aromatic heterocycles. The van der Waals surface area contributed by atoms with E-state index in [9.17, 15) is 14.7 Å². The van der Waals surface area contributed by atoms with Crippen LogP contribution in [-0.4, -0.2) is 17.0 Å². The maximum absolute atomic E-state index is 13.3. The van der Waals surface area contributed by atoms with E-state index in [0.717, 1.165) is 5.56 Å². The number of carboxylic acid groups (broad SMARTS) is 1. The number of para-hydroxylation sites is 1. The van der Waals surface area contributed by atoms with Crippen LogP contribution in [0.15, 0.2) is 60.7 Å². The Morgan fingerprint density at radius 3 is 2.47 bits per heavy atom. The van der Waals surface area contributed by atoms with Crippen molar-refractivity contribution in [3.05, 3.63) is 92.4 Å². The third kappa shape index (κ3) is 3.60. The Bertz CT molecular complexity index is 1180. The Hall–Kier alpha value is -2.73. The van der Waals surface area contributed by atoms with E-state index in [1.165, 1.54) is 6.07 Å². The number of carbonyl (C=O) groups excluding carboxylic acids is 1. The third-order valence-corrected chi connectivity index (χ3v) is 5.80.